The van der Waals surface area contributed by atoms with Gasteiger partial charge < -0.3 is 11.1 Å². The largest absolute Gasteiger partial charge is 0.399 e. The van der Waals surface area contributed by atoms with Crippen molar-refractivity contribution >= 4 is 24.0 Å². The molecule has 0 heterocycles. The molecule has 1 amide bonds. The predicted octanol–water partition coefficient (Wildman–Crippen LogP) is 4.15. The summed E-state index contributed by atoms with van der Waals surface area (Å²) in [4.78, 5) is 12.6. The van der Waals surface area contributed by atoms with Crippen molar-refractivity contribution in [2.45, 2.75) is 63.8 Å². The van der Waals surface area contributed by atoms with Crippen LogP contribution in [0, 0.1) is 5.92 Å². The van der Waals surface area contributed by atoms with Crippen LogP contribution in [0.5, 0.6) is 0 Å². The molecule has 3 rings (SSSR count). The van der Waals surface area contributed by atoms with Gasteiger partial charge in [-0.25, -0.2) is 0 Å². The summed E-state index contributed by atoms with van der Waals surface area (Å²) in [6.45, 7) is 0. The number of nitrogens with two attached hydrogens (primary N) is 1. The molecule has 1 aromatic carbocycles. The van der Waals surface area contributed by atoms with Gasteiger partial charge >= 0.3 is 0 Å². The topological polar surface area (TPSA) is 55.1 Å². The first-order chi connectivity index (χ1) is 10.2. The molecule has 4 heteroatoms. The minimum absolute atomic E-state index is 0. The zero-order chi connectivity index (χ0) is 14.7. The van der Waals surface area contributed by atoms with Gasteiger partial charge in [0.25, 0.3) is 0 Å². The summed E-state index contributed by atoms with van der Waals surface area (Å²) in [7, 11) is 0. The first kappa shape index (κ1) is 17.1. The quantitative estimate of drug-likeness (QED) is 0.634. The van der Waals surface area contributed by atoms with Gasteiger partial charge in [0.2, 0.25) is 5.91 Å². The van der Waals surface area contributed by atoms with E-state index in [-0.39, 0.29) is 30.3 Å². The van der Waals surface area contributed by atoms with E-state index in [4.69, 9.17) is 5.73 Å². The molecular weight excluding hydrogens is 296 g/mol. The number of halogens is 1. The highest BCUT2D eigenvalue weighted by atomic mass is 35.5. The molecule has 1 unspecified atom stereocenters. The zero-order valence-corrected chi connectivity index (χ0v) is 14.0. The van der Waals surface area contributed by atoms with Crippen molar-refractivity contribution in [1.82, 2.24) is 5.32 Å². The first-order valence-corrected chi connectivity index (χ1v) is 8.43. The van der Waals surface area contributed by atoms with E-state index < -0.39 is 0 Å². The molecule has 3 nitrogen and oxygen atoms in total. The van der Waals surface area contributed by atoms with Crippen LogP contribution >= 0.6 is 12.4 Å². The summed E-state index contributed by atoms with van der Waals surface area (Å²) >= 11 is 0. The minimum atomic E-state index is 0. The molecule has 0 aliphatic heterocycles. The Hall–Kier alpha value is -1.22. The monoisotopic (exact) mass is 322 g/mol. The summed E-state index contributed by atoms with van der Waals surface area (Å²) in [5.74, 6) is 0.498. The van der Waals surface area contributed by atoms with Crippen molar-refractivity contribution < 1.29 is 4.79 Å². The Bertz CT molecular complexity index is 510. The molecule has 0 radical (unpaired) electrons. The Labute approximate surface area is 139 Å². The van der Waals surface area contributed by atoms with Gasteiger partial charge in [-0.1, -0.05) is 31.7 Å². The fourth-order valence-electron chi connectivity index (χ4n) is 3.82. The number of anilines is 1. The molecule has 0 spiro atoms. The Balaban J connectivity index is 0.00000176. The van der Waals surface area contributed by atoms with E-state index in [9.17, 15) is 4.79 Å². The molecule has 1 fully saturated rings. The average molecular weight is 323 g/mol. The molecule has 22 heavy (non-hydrogen) atoms. The molecule has 1 saturated carbocycles. The maximum Gasteiger partial charge on any atom is 0.223 e. The van der Waals surface area contributed by atoms with E-state index >= 15 is 0 Å². The van der Waals surface area contributed by atoms with E-state index in [1.807, 2.05) is 6.07 Å². The van der Waals surface area contributed by atoms with Crippen LogP contribution in [-0.4, -0.2) is 5.91 Å². The summed E-state index contributed by atoms with van der Waals surface area (Å²) < 4.78 is 0. The second-order valence-corrected chi connectivity index (χ2v) is 6.60. The smallest absolute Gasteiger partial charge is 0.223 e. The van der Waals surface area contributed by atoms with E-state index in [0.29, 0.717) is 0 Å². The molecular formula is C18H27ClN2O. The summed E-state index contributed by atoms with van der Waals surface area (Å²) in [6, 6.07) is 6.31. The normalized spacial score (nSPS) is 22.1. The number of nitrogens with one attached hydrogen (secondary N) is 1. The SMILES string of the molecule is Cl.Nc1ccc2c(c1)CCCC2NC(=O)C1CCCCCC1. The van der Waals surface area contributed by atoms with E-state index in [2.05, 4.69) is 17.4 Å². The number of carbonyl (C=O) groups is 1. The van der Waals surface area contributed by atoms with Crippen molar-refractivity contribution in [2.75, 3.05) is 5.73 Å². The van der Waals surface area contributed by atoms with Gasteiger partial charge in [-0.3, -0.25) is 4.79 Å². The number of fused-ring (bicyclic) bond motifs is 1. The fourth-order valence-corrected chi connectivity index (χ4v) is 3.82. The number of nitrogen functional groups attached to an aromatic ring is 1. The molecule has 1 atom stereocenters. The van der Waals surface area contributed by atoms with Crippen LogP contribution in [0.3, 0.4) is 0 Å². The Morgan fingerprint density at radius 3 is 2.50 bits per heavy atom. The standard InChI is InChI=1S/C18H26N2O.ClH/c19-15-10-11-16-14(12-15)8-5-9-17(16)20-18(21)13-6-3-1-2-4-7-13;/h10-13,17H,1-9,19H2,(H,20,21);1H. The second kappa shape index (κ2) is 7.87. The van der Waals surface area contributed by atoms with E-state index in [0.717, 1.165) is 37.8 Å². The number of rotatable bonds is 2. The third-order valence-electron chi connectivity index (χ3n) is 5.02. The molecule has 2 aliphatic carbocycles. The van der Waals surface area contributed by atoms with Crippen LogP contribution < -0.4 is 11.1 Å². The van der Waals surface area contributed by atoms with Crippen LogP contribution in [0.4, 0.5) is 5.69 Å². The lowest BCUT2D eigenvalue weighted by Crippen LogP contribution is -2.35. The Kier molecular flexibility index (Phi) is 6.13. The number of benzene rings is 1. The number of hydrogen-bond donors (Lipinski definition) is 2. The first-order valence-electron chi connectivity index (χ1n) is 8.43. The Morgan fingerprint density at radius 2 is 1.77 bits per heavy atom. The van der Waals surface area contributed by atoms with Crippen molar-refractivity contribution in [3.8, 4) is 0 Å². The van der Waals surface area contributed by atoms with Crippen LogP contribution in [-0.2, 0) is 11.2 Å². The van der Waals surface area contributed by atoms with Gasteiger partial charge in [0.1, 0.15) is 0 Å². The average Bonchev–Trinajstić information content (AvgIpc) is 2.76. The van der Waals surface area contributed by atoms with Gasteiger partial charge in [-0.15, -0.1) is 12.4 Å². The third-order valence-corrected chi connectivity index (χ3v) is 5.02. The molecule has 1 aromatic rings. The molecule has 3 N–H and O–H groups in total. The summed E-state index contributed by atoms with van der Waals surface area (Å²) in [6.07, 6.45) is 10.4. The van der Waals surface area contributed by atoms with Crippen LogP contribution in [0.2, 0.25) is 0 Å². The molecule has 0 aromatic heterocycles. The van der Waals surface area contributed by atoms with E-state index in [1.165, 1.54) is 36.8 Å². The summed E-state index contributed by atoms with van der Waals surface area (Å²) in [5.41, 5.74) is 9.29. The number of aryl methyl sites for hydroxylation is 1. The van der Waals surface area contributed by atoms with Gasteiger partial charge in [0.05, 0.1) is 6.04 Å². The van der Waals surface area contributed by atoms with Crippen molar-refractivity contribution in [3.05, 3.63) is 29.3 Å². The lowest BCUT2D eigenvalue weighted by molar-refractivity contribution is -0.126. The molecule has 122 valence electrons. The van der Waals surface area contributed by atoms with Gasteiger partial charge in [-0.05, 0) is 55.4 Å². The molecule has 0 bridgehead atoms. The lowest BCUT2D eigenvalue weighted by Gasteiger charge is -2.28. The highest BCUT2D eigenvalue weighted by Gasteiger charge is 2.26. The van der Waals surface area contributed by atoms with Crippen LogP contribution in [0.25, 0.3) is 0 Å². The van der Waals surface area contributed by atoms with Gasteiger partial charge in [0.15, 0.2) is 0 Å². The van der Waals surface area contributed by atoms with Crippen molar-refractivity contribution in [2.24, 2.45) is 5.92 Å². The minimum Gasteiger partial charge on any atom is -0.399 e. The maximum atomic E-state index is 12.6. The highest BCUT2D eigenvalue weighted by molar-refractivity contribution is 5.85. The highest BCUT2D eigenvalue weighted by Crippen LogP contribution is 2.32. The summed E-state index contributed by atoms with van der Waals surface area (Å²) in [5, 5.41) is 3.31. The molecule has 0 saturated heterocycles. The predicted molar refractivity (Wildman–Crippen MR) is 93.1 cm³/mol. The Morgan fingerprint density at radius 1 is 1.05 bits per heavy atom. The number of amides is 1. The number of hydrogen-bond acceptors (Lipinski definition) is 2. The van der Waals surface area contributed by atoms with Crippen molar-refractivity contribution in [1.29, 1.82) is 0 Å². The van der Waals surface area contributed by atoms with Crippen LogP contribution in [0.15, 0.2) is 18.2 Å². The lowest BCUT2D eigenvalue weighted by atomic mass is 9.86. The van der Waals surface area contributed by atoms with Crippen LogP contribution in [0.1, 0.15) is 68.5 Å². The van der Waals surface area contributed by atoms with Crippen molar-refractivity contribution in [3.63, 3.8) is 0 Å². The van der Waals surface area contributed by atoms with Gasteiger partial charge in [0, 0.05) is 11.6 Å². The van der Waals surface area contributed by atoms with Gasteiger partial charge in [-0.2, -0.15) is 0 Å². The zero-order valence-electron chi connectivity index (χ0n) is 13.1. The molecule has 2 aliphatic rings. The fraction of sp³-hybridized carbons (Fsp3) is 0.611. The number of carbonyl (C=O) groups excluding carboxylic acids is 1. The second-order valence-electron chi connectivity index (χ2n) is 6.60. The van der Waals surface area contributed by atoms with E-state index in [1.54, 1.807) is 0 Å². The maximum absolute atomic E-state index is 12.6. The third kappa shape index (κ3) is 3.95.